The van der Waals surface area contributed by atoms with Crippen LogP contribution in [-0.4, -0.2) is 34.8 Å². The van der Waals surface area contributed by atoms with Gasteiger partial charge in [0.15, 0.2) is 0 Å². The number of hydrogen-bond acceptors (Lipinski definition) is 3. The van der Waals surface area contributed by atoms with Crippen molar-refractivity contribution in [2.75, 3.05) is 13.7 Å². The molecule has 1 fully saturated rings. The van der Waals surface area contributed by atoms with Crippen LogP contribution in [0.25, 0.3) is 5.69 Å². The number of aliphatic hydroxyl groups is 1. The van der Waals surface area contributed by atoms with E-state index >= 15 is 0 Å². The second-order valence-electron chi connectivity index (χ2n) is 6.58. The number of aromatic nitrogens is 1. The fourth-order valence-electron chi connectivity index (χ4n) is 3.22. The Morgan fingerprint density at radius 2 is 1.96 bits per heavy atom. The lowest BCUT2D eigenvalue weighted by Gasteiger charge is -2.36. The number of nitrogens with one attached hydrogen (secondary N) is 1. The Kier molecular flexibility index (Phi) is 4.37. The molecule has 3 rings (SSSR count). The van der Waals surface area contributed by atoms with E-state index in [4.69, 9.17) is 4.74 Å². The molecule has 2 N–H and O–H groups in total. The van der Waals surface area contributed by atoms with Gasteiger partial charge in [0.1, 0.15) is 5.75 Å². The van der Waals surface area contributed by atoms with Crippen LogP contribution in [0.2, 0.25) is 0 Å². The molecule has 0 bridgehead atoms. The number of benzene rings is 1. The van der Waals surface area contributed by atoms with Gasteiger partial charge in [-0.3, -0.25) is 4.79 Å². The molecule has 0 unspecified atom stereocenters. The first-order valence-corrected chi connectivity index (χ1v) is 8.27. The third-order valence-electron chi connectivity index (χ3n) is 4.87. The van der Waals surface area contributed by atoms with Gasteiger partial charge in [0.2, 0.25) is 0 Å². The van der Waals surface area contributed by atoms with Crippen molar-refractivity contribution in [3.05, 3.63) is 47.3 Å². The predicted molar refractivity (Wildman–Crippen MR) is 92.9 cm³/mol. The van der Waals surface area contributed by atoms with Crippen molar-refractivity contribution in [1.82, 2.24) is 9.88 Å². The Hall–Kier alpha value is -2.27. The zero-order valence-corrected chi connectivity index (χ0v) is 14.4. The molecular formula is C19H24N2O3. The average Bonchev–Trinajstić information content (AvgIpc) is 2.85. The van der Waals surface area contributed by atoms with Gasteiger partial charge >= 0.3 is 0 Å². The second-order valence-corrected chi connectivity index (χ2v) is 6.58. The summed E-state index contributed by atoms with van der Waals surface area (Å²) in [6.45, 7) is 4.23. The molecular weight excluding hydrogens is 304 g/mol. The van der Waals surface area contributed by atoms with Crippen LogP contribution in [0.15, 0.2) is 30.3 Å². The molecule has 0 radical (unpaired) electrons. The number of aryl methyl sites for hydroxylation is 1. The van der Waals surface area contributed by atoms with Crippen molar-refractivity contribution in [2.45, 2.75) is 38.7 Å². The molecule has 24 heavy (non-hydrogen) atoms. The number of ether oxygens (including phenoxy) is 1. The highest BCUT2D eigenvalue weighted by Crippen LogP contribution is 2.31. The molecule has 5 nitrogen and oxygen atoms in total. The van der Waals surface area contributed by atoms with Crippen molar-refractivity contribution < 1.29 is 14.6 Å². The molecule has 1 aliphatic rings. The van der Waals surface area contributed by atoms with E-state index in [1.54, 1.807) is 7.11 Å². The topological polar surface area (TPSA) is 63.5 Å². The quantitative estimate of drug-likeness (QED) is 0.887. The van der Waals surface area contributed by atoms with Crippen LogP contribution in [0.5, 0.6) is 5.75 Å². The lowest BCUT2D eigenvalue weighted by molar-refractivity contribution is -0.0300. The van der Waals surface area contributed by atoms with Gasteiger partial charge in [-0.15, -0.1) is 0 Å². The van der Waals surface area contributed by atoms with Gasteiger partial charge in [-0.05, 0) is 63.4 Å². The van der Waals surface area contributed by atoms with Gasteiger partial charge in [-0.25, -0.2) is 0 Å². The number of nitrogens with zero attached hydrogens (tertiary/aromatic N) is 1. The van der Waals surface area contributed by atoms with Crippen molar-refractivity contribution >= 4 is 5.91 Å². The van der Waals surface area contributed by atoms with E-state index in [2.05, 4.69) is 5.32 Å². The van der Waals surface area contributed by atoms with Crippen LogP contribution in [-0.2, 0) is 0 Å². The SMILES string of the molecule is COc1ccc(-n2c(C)cc(C(=O)NCC3(O)CCC3)c2C)cc1. The smallest absolute Gasteiger partial charge is 0.253 e. The molecule has 1 aromatic carbocycles. The molecule has 0 spiro atoms. The highest BCUT2D eigenvalue weighted by atomic mass is 16.5. The Morgan fingerprint density at radius 1 is 1.29 bits per heavy atom. The van der Waals surface area contributed by atoms with E-state index in [1.807, 2.05) is 48.7 Å². The Morgan fingerprint density at radius 3 is 2.50 bits per heavy atom. The van der Waals surface area contributed by atoms with Gasteiger partial charge in [0.05, 0.1) is 18.3 Å². The average molecular weight is 328 g/mol. The molecule has 1 aromatic heterocycles. The highest BCUT2D eigenvalue weighted by Gasteiger charge is 2.34. The first-order valence-electron chi connectivity index (χ1n) is 8.27. The van der Waals surface area contributed by atoms with Gasteiger partial charge in [-0.1, -0.05) is 0 Å². The molecule has 2 aromatic rings. The largest absolute Gasteiger partial charge is 0.497 e. The van der Waals surface area contributed by atoms with E-state index in [9.17, 15) is 9.90 Å². The van der Waals surface area contributed by atoms with Gasteiger partial charge in [-0.2, -0.15) is 0 Å². The number of hydrogen-bond donors (Lipinski definition) is 2. The van der Waals surface area contributed by atoms with Crippen LogP contribution in [0.4, 0.5) is 0 Å². The number of carbonyl (C=O) groups is 1. The Labute approximate surface area is 142 Å². The van der Waals surface area contributed by atoms with Crippen molar-refractivity contribution in [3.63, 3.8) is 0 Å². The van der Waals surface area contributed by atoms with E-state index in [1.165, 1.54) is 0 Å². The zero-order chi connectivity index (χ0) is 17.3. The van der Waals surface area contributed by atoms with E-state index < -0.39 is 5.60 Å². The lowest BCUT2D eigenvalue weighted by atomic mass is 9.80. The highest BCUT2D eigenvalue weighted by molar-refractivity contribution is 5.96. The summed E-state index contributed by atoms with van der Waals surface area (Å²) >= 11 is 0. The maximum atomic E-state index is 12.5. The first kappa shape index (κ1) is 16.6. The number of amides is 1. The summed E-state index contributed by atoms with van der Waals surface area (Å²) in [5, 5.41) is 13.0. The molecule has 1 heterocycles. The third-order valence-corrected chi connectivity index (χ3v) is 4.87. The molecule has 1 saturated carbocycles. The molecule has 1 amide bonds. The number of carbonyl (C=O) groups excluding carboxylic acids is 1. The van der Waals surface area contributed by atoms with Crippen LogP contribution in [0.1, 0.15) is 41.0 Å². The van der Waals surface area contributed by atoms with Crippen LogP contribution < -0.4 is 10.1 Å². The minimum Gasteiger partial charge on any atom is -0.497 e. The second kappa shape index (κ2) is 6.32. The summed E-state index contributed by atoms with van der Waals surface area (Å²) in [6.07, 6.45) is 2.55. The first-order chi connectivity index (χ1) is 11.4. The van der Waals surface area contributed by atoms with Crippen LogP contribution in [0, 0.1) is 13.8 Å². The summed E-state index contributed by atoms with van der Waals surface area (Å²) in [5.74, 6) is 0.663. The summed E-state index contributed by atoms with van der Waals surface area (Å²) in [5.41, 5.74) is 2.80. The predicted octanol–water partition coefficient (Wildman–Crippen LogP) is 2.75. The Bertz CT molecular complexity index is 743. The monoisotopic (exact) mass is 328 g/mol. The van der Waals surface area contributed by atoms with E-state index in [0.29, 0.717) is 12.1 Å². The summed E-state index contributed by atoms with van der Waals surface area (Å²) in [4.78, 5) is 12.5. The number of rotatable bonds is 5. The molecule has 0 aliphatic heterocycles. The molecule has 0 saturated heterocycles. The normalized spacial score (nSPS) is 15.7. The minimum absolute atomic E-state index is 0.136. The van der Waals surface area contributed by atoms with Gasteiger partial charge in [0.25, 0.3) is 5.91 Å². The van der Waals surface area contributed by atoms with Gasteiger partial charge in [0, 0.05) is 23.6 Å². The van der Waals surface area contributed by atoms with E-state index in [-0.39, 0.29) is 5.91 Å². The fraction of sp³-hybridized carbons (Fsp3) is 0.421. The van der Waals surface area contributed by atoms with Crippen molar-refractivity contribution in [2.24, 2.45) is 0 Å². The summed E-state index contributed by atoms with van der Waals surface area (Å²) < 4.78 is 7.24. The maximum Gasteiger partial charge on any atom is 0.253 e. The van der Waals surface area contributed by atoms with E-state index in [0.717, 1.165) is 42.1 Å². The molecule has 0 atom stereocenters. The van der Waals surface area contributed by atoms with Gasteiger partial charge < -0.3 is 19.7 Å². The lowest BCUT2D eigenvalue weighted by Crippen LogP contribution is -2.47. The third kappa shape index (κ3) is 3.04. The molecule has 1 aliphatic carbocycles. The summed E-state index contributed by atoms with van der Waals surface area (Å²) in [6, 6.07) is 9.63. The fourth-order valence-corrected chi connectivity index (χ4v) is 3.22. The molecule has 5 heteroatoms. The zero-order valence-electron chi connectivity index (χ0n) is 14.4. The maximum absolute atomic E-state index is 12.5. The molecule has 128 valence electrons. The Balaban J connectivity index is 1.81. The van der Waals surface area contributed by atoms with Crippen LogP contribution in [0.3, 0.4) is 0 Å². The van der Waals surface area contributed by atoms with Crippen molar-refractivity contribution in [3.8, 4) is 11.4 Å². The minimum atomic E-state index is -0.711. The van der Waals surface area contributed by atoms with Crippen molar-refractivity contribution in [1.29, 1.82) is 0 Å². The van der Waals surface area contributed by atoms with Crippen LogP contribution >= 0.6 is 0 Å². The standard InChI is InChI=1S/C19H24N2O3/c1-13-11-17(18(22)20-12-19(23)9-4-10-19)14(2)21(13)15-5-7-16(24-3)8-6-15/h5-8,11,23H,4,9-10,12H2,1-3H3,(H,20,22). The number of methoxy groups -OCH3 is 1. The summed E-state index contributed by atoms with van der Waals surface area (Å²) in [7, 11) is 1.64.